The van der Waals surface area contributed by atoms with Crippen LogP contribution < -0.4 is 5.32 Å². The molecule has 0 radical (unpaired) electrons. The lowest BCUT2D eigenvalue weighted by molar-refractivity contribution is 0.338. The third-order valence-electron chi connectivity index (χ3n) is 3.21. The van der Waals surface area contributed by atoms with Crippen LogP contribution in [-0.2, 0) is 0 Å². The number of rotatable bonds is 6. The molecule has 0 spiro atoms. The lowest BCUT2D eigenvalue weighted by Crippen LogP contribution is -2.38. The number of likely N-dealkylation sites (N-methyl/N-ethyl adjacent to an activating group) is 1. The summed E-state index contributed by atoms with van der Waals surface area (Å²) in [6.07, 6.45) is 1.85. The maximum atomic E-state index is 4.51. The van der Waals surface area contributed by atoms with E-state index >= 15 is 0 Å². The maximum absolute atomic E-state index is 4.51. The van der Waals surface area contributed by atoms with Crippen molar-refractivity contribution < 1.29 is 0 Å². The van der Waals surface area contributed by atoms with E-state index in [1.807, 2.05) is 24.4 Å². The summed E-state index contributed by atoms with van der Waals surface area (Å²) in [6, 6.07) is 17.1. The highest BCUT2D eigenvalue weighted by atomic mass is 15.1. The summed E-state index contributed by atoms with van der Waals surface area (Å²) in [5.74, 6) is 0. The molecule has 0 saturated carbocycles. The Labute approximate surface area is 121 Å². The third kappa shape index (κ3) is 4.15. The molecule has 0 fully saturated rings. The molecule has 2 rings (SSSR count). The maximum Gasteiger partial charge on any atom is 0.0753 e. The van der Waals surface area contributed by atoms with Gasteiger partial charge in [-0.1, -0.05) is 36.4 Å². The Balaban J connectivity index is 2.21. The number of nitrogens with zero attached hydrogens (tertiary/aromatic N) is 2. The van der Waals surface area contributed by atoms with Gasteiger partial charge >= 0.3 is 0 Å². The lowest BCUT2D eigenvalue weighted by atomic mass is 10.0. The monoisotopic (exact) mass is 269 g/mol. The second-order valence-corrected chi connectivity index (χ2v) is 5.43. The van der Waals surface area contributed by atoms with E-state index in [1.54, 1.807) is 0 Å². The van der Waals surface area contributed by atoms with E-state index in [1.165, 1.54) is 5.56 Å². The summed E-state index contributed by atoms with van der Waals surface area (Å²) in [5, 5.41) is 3.68. The third-order valence-corrected chi connectivity index (χ3v) is 3.21. The van der Waals surface area contributed by atoms with Crippen LogP contribution in [0.15, 0.2) is 54.7 Å². The molecule has 0 bridgehead atoms. The minimum atomic E-state index is 0.132. The van der Waals surface area contributed by atoms with E-state index in [4.69, 9.17) is 0 Å². The number of nitrogens with one attached hydrogen (secondary N) is 1. The van der Waals surface area contributed by atoms with Gasteiger partial charge in [0.2, 0.25) is 0 Å². The normalized spacial score (nSPS) is 14.2. The second-order valence-electron chi connectivity index (χ2n) is 5.43. The number of benzene rings is 1. The zero-order valence-corrected chi connectivity index (χ0v) is 12.5. The molecule has 1 N–H and O–H groups in total. The van der Waals surface area contributed by atoms with Crippen molar-refractivity contribution in [1.82, 2.24) is 15.2 Å². The van der Waals surface area contributed by atoms with Crippen LogP contribution in [0.3, 0.4) is 0 Å². The topological polar surface area (TPSA) is 28.2 Å². The summed E-state index contributed by atoms with van der Waals surface area (Å²) in [4.78, 5) is 6.70. The van der Waals surface area contributed by atoms with E-state index in [9.17, 15) is 0 Å². The van der Waals surface area contributed by atoms with Crippen LogP contribution in [-0.4, -0.2) is 36.6 Å². The predicted octanol–water partition coefficient (Wildman–Crippen LogP) is 2.71. The van der Waals surface area contributed by atoms with Crippen LogP contribution in [0.4, 0.5) is 0 Å². The Morgan fingerprint density at radius 3 is 2.35 bits per heavy atom. The smallest absolute Gasteiger partial charge is 0.0753 e. The van der Waals surface area contributed by atoms with Crippen molar-refractivity contribution in [2.45, 2.75) is 19.0 Å². The van der Waals surface area contributed by atoms with Gasteiger partial charge in [0.05, 0.1) is 11.7 Å². The highest BCUT2D eigenvalue weighted by molar-refractivity contribution is 5.27. The second kappa shape index (κ2) is 7.17. The molecule has 1 aromatic heterocycles. The average Bonchev–Trinajstić information content (AvgIpc) is 2.46. The zero-order chi connectivity index (χ0) is 14.4. The van der Waals surface area contributed by atoms with Gasteiger partial charge < -0.3 is 10.2 Å². The van der Waals surface area contributed by atoms with Gasteiger partial charge in [0.25, 0.3) is 0 Å². The Kier molecular flexibility index (Phi) is 5.27. The first-order chi connectivity index (χ1) is 9.66. The molecular formula is C17H23N3. The van der Waals surface area contributed by atoms with Crippen LogP contribution in [0.5, 0.6) is 0 Å². The van der Waals surface area contributed by atoms with Crippen molar-refractivity contribution in [3.8, 4) is 0 Å². The molecule has 0 amide bonds. The minimum Gasteiger partial charge on any atom is -0.308 e. The molecule has 20 heavy (non-hydrogen) atoms. The first-order valence-electron chi connectivity index (χ1n) is 7.03. The fraction of sp³-hybridized carbons (Fsp3) is 0.353. The largest absolute Gasteiger partial charge is 0.308 e. The summed E-state index contributed by atoms with van der Waals surface area (Å²) in [5.41, 5.74) is 2.31. The van der Waals surface area contributed by atoms with Crippen LogP contribution in [0, 0.1) is 0 Å². The van der Waals surface area contributed by atoms with Crippen molar-refractivity contribution in [3.63, 3.8) is 0 Å². The predicted molar refractivity (Wildman–Crippen MR) is 83.7 cm³/mol. The molecule has 2 unspecified atom stereocenters. The fourth-order valence-electron chi connectivity index (χ4n) is 2.43. The van der Waals surface area contributed by atoms with E-state index in [0.29, 0.717) is 6.04 Å². The Morgan fingerprint density at radius 2 is 1.75 bits per heavy atom. The fourth-order valence-corrected chi connectivity index (χ4v) is 2.43. The van der Waals surface area contributed by atoms with Crippen molar-refractivity contribution in [2.75, 3.05) is 20.6 Å². The molecule has 106 valence electrons. The van der Waals surface area contributed by atoms with Gasteiger partial charge in [0, 0.05) is 18.8 Å². The molecule has 3 nitrogen and oxygen atoms in total. The van der Waals surface area contributed by atoms with Crippen LogP contribution in [0.1, 0.15) is 24.2 Å². The number of aromatic nitrogens is 1. The first kappa shape index (κ1) is 14.7. The van der Waals surface area contributed by atoms with Gasteiger partial charge in [-0.2, -0.15) is 0 Å². The SMILES string of the molecule is CC(CN(C)C)NC(c1ccccc1)c1ccccn1. The summed E-state index contributed by atoms with van der Waals surface area (Å²) < 4.78 is 0. The van der Waals surface area contributed by atoms with Crippen molar-refractivity contribution in [3.05, 3.63) is 66.0 Å². The van der Waals surface area contributed by atoms with E-state index in [-0.39, 0.29) is 6.04 Å². The minimum absolute atomic E-state index is 0.132. The van der Waals surface area contributed by atoms with Gasteiger partial charge in [-0.25, -0.2) is 0 Å². The Bertz CT molecular complexity index is 457. The highest BCUT2D eigenvalue weighted by Gasteiger charge is 2.17. The molecule has 0 aliphatic carbocycles. The Morgan fingerprint density at radius 1 is 1.05 bits per heavy atom. The highest BCUT2D eigenvalue weighted by Crippen LogP contribution is 2.20. The molecule has 1 heterocycles. The van der Waals surface area contributed by atoms with Gasteiger partial charge in [-0.15, -0.1) is 0 Å². The van der Waals surface area contributed by atoms with E-state index in [0.717, 1.165) is 12.2 Å². The van der Waals surface area contributed by atoms with Crippen molar-refractivity contribution in [2.24, 2.45) is 0 Å². The zero-order valence-electron chi connectivity index (χ0n) is 12.5. The molecule has 3 heteroatoms. The molecule has 0 saturated heterocycles. The average molecular weight is 269 g/mol. The van der Waals surface area contributed by atoms with Gasteiger partial charge in [0.1, 0.15) is 0 Å². The first-order valence-corrected chi connectivity index (χ1v) is 7.03. The summed E-state index contributed by atoms with van der Waals surface area (Å²) in [6.45, 7) is 3.20. The molecule has 2 atom stereocenters. The van der Waals surface area contributed by atoms with Crippen LogP contribution >= 0.6 is 0 Å². The van der Waals surface area contributed by atoms with Gasteiger partial charge in [0.15, 0.2) is 0 Å². The molecule has 1 aromatic carbocycles. The summed E-state index contributed by atoms with van der Waals surface area (Å²) in [7, 11) is 4.19. The number of hydrogen-bond acceptors (Lipinski definition) is 3. The van der Waals surface area contributed by atoms with Crippen LogP contribution in [0.25, 0.3) is 0 Å². The van der Waals surface area contributed by atoms with E-state index < -0.39 is 0 Å². The number of hydrogen-bond donors (Lipinski definition) is 1. The summed E-state index contributed by atoms with van der Waals surface area (Å²) >= 11 is 0. The molecular weight excluding hydrogens is 246 g/mol. The molecule has 0 aliphatic rings. The van der Waals surface area contributed by atoms with Gasteiger partial charge in [-0.05, 0) is 38.7 Å². The lowest BCUT2D eigenvalue weighted by Gasteiger charge is -2.25. The Hall–Kier alpha value is -1.71. The van der Waals surface area contributed by atoms with Crippen LogP contribution in [0.2, 0.25) is 0 Å². The standard InChI is InChI=1S/C17H23N3/c1-14(13-20(2)3)19-17(15-9-5-4-6-10-15)16-11-7-8-12-18-16/h4-12,14,17,19H,13H2,1-3H3. The molecule has 2 aromatic rings. The van der Waals surface area contributed by atoms with Gasteiger partial charge in [-0.3, -0.25) is 4.98 Å². The van der Waals surface area contributed by atoms with E-state index in [2.05, 4.69) is 66.6 Å². The number of pyridine rings is 1. The molecule has 0 aliphatic heterocycles. The quantitative estimate of drug-likeness (QED) is 0.874. The van der Waals surface area contributed by atoms with Crippen molar-refractivity contribution in [1.29, 1.82) is 0 Å². The van der Waals surface area contributed by atoms with Crippen molar-refractivity contribution >= 4 is 0 Å².